The van der Waals surface area contributed by atoms with Gasteiger partial charge in [0.25, 0.3) is 5.91 Å². The van der Waals surface area contributed by atoms with E-state index in [0.717, 1.165) is 23.4 Å². The van der Waals surface area contributed by atoms with Crippen molar-refractivity contribution in [3.05, 3.63) is 98.4 Å². The minimum atomic E-state index is -0.427. The Hall–Kier alpha value is -2.85. The molecule has 1 N–H and O–H groups in total. The minimum absolute atomic E-state index is 0.184. The maximum Gasteiger partial charge on any atom is 0.261 e. The summed E-state index contributed by atoms with van der Waals surface area (Å²) in [6.07, 6.45) is 1.46. The quantitative estimate of drug-likeness (QED) is 0.635. The Balaban J connectivity index is 2.07. The van der Waals surface area contributed by atoms with Gasteiger partial charge in [-0.15, -0.1) is 0 Å². The fraction of sp³-hybridized carbons (Fsp3) is 0.217. The molecule has 1 heterocycles. The second-order valence-corrected chi connectivity index (χ2v) is 7.13. The van der Waals surface area contributed by atoms with Crippen LogP contribution in [0.3, 0.4) is 0 Å². The summed E-state index contributed by atoms with van der Waals surface area (Å²) in [4.78, 5) is 25.8. The van der Waals surface area contributed by atoms with E-state index in [0.29, 0.717) is 23.7 Å². The Morgan fingerprint density at radius 1 is 1.07 bits per heavy atom. The van der Waals surface area contributed by atoms with Gasteiger partial charge in [-0.1, -0.05) is 67.4 Å². The molecule has 0 radical (unpaired) electrons. The summed E-state index contributed by atoms with van der Waals surface area (Å²) >= 11 is 6.16. The zero-order valence-electron chi connectivity index (χ0n) is 16.0. The number of amides is 1. The molecule has 3 rings (SSSR count). The number of rotatable bonds is 6. The molecule has 5 heteroatoms. The summed E-state index contributed by atoms with van der Waals surface area (Å²) < 4.78 is 2.06. The number of hydrogen-bond donors (Lipinski definition) is 1. The van der Waals surface area contributed by atoms with Crippen LogP contribution in [-0.4, -0.2) is 10.5 Å². The van der Waals surface area contributed by atoms with Crippen molar-refractivity contribution in [3.8, 4) is 0 Å². The summed E-state index contributed by atoms with van der Waals surface area (Å²) in [6, 6.07) is 18.5. The number of anilines is 1. The summed E-state index contributed by atoms with van der Waals surface area (Å²) in [5.74, 6) is -0.427. The number of pyridine rings is 1. The summed E-state index contributed by atoms with van der Waals surface area (Å²) in [5.41, 5.74) is 3.11. The SMILES string of the molecule is CCCc1c(C(=O)Nc2ccccc2Cl)c(=O)cc(C)n1Cc1ccccc1. The van der Waals surface area contributed by atoms with Crippen LogP contribution in [0.1, 0.15) is 40.7 Å². The Kier molecular flexibility index (Phi) is 6.32. The van der Waals surface area contributed by atoms with Gasteiger partial charge in [-0.05, 0) is 31.0 Å². The molecule has 0 aliphatic heterocycles. The number of aromatic nitrogens is 1. The van der Waals surface area contributed by atoms with Crippen LogP contribution < -0.4 is 10.7 Å². The van der Waals surface area contributed by atoms with Gasteiger partial charge in [0.1, 0.15) is 5.56 Å². The third-order valence-corrected chi connectivity index (χ3v) is 4.98. The molecule has 28 heavy (non-hydrogen) atoms. The third kappa shape index (κ3) is 4.34. The maximum atomic E-state index is 13.0. The number of para-hydroxylation sites is 1. The molecule has 1 aromatic heterocycles. The zero-order chi connectivity index (χ0) is 20.1. The number of nitrogens with one attached hydrogen (secondary N) is 1. The van der Waals surface area contributed by atoms with Crippen LogP contribution in [0, 0.1) is 6.92 Å². The topological polar surface area (TPSA) is 51.1 Å². The van der Waals surface area contributed by atoms with Crippen LogP contribution in [0.15, 0.2) is 65.5 Å². The molecule has 4 nitrogen and oxygen atoms in total. The van der Waals surface area contributed by atoms with Crippen molar-refractivity contribution >= 4 is 23.2 Å². The normalized spacial score (nSPS) is 10.7. The number of halogens is 1. The molecule has 0 fully saturated rings. The first-order valence-electron chi connectivity index (χ1n) is 9.34. The number of carbonyl (C=O) groups is 1. The van der Waals surface area contributed by atoms with E-state index >= 15 is 0 Å². The second-order valence-electron chi connectivity index (χ2n) is 6.73. The van der Waals surface area contributed by atoms with Gasteiger partial charge in [-0.25, -0.2) is 0 Å². The van der Waals surface area contributed by atoms with Crippen molar-refractivity contribution in [1.29, 1.82) is 0 Å². The van der Waals surface area contributed by atoms with Crippen molar-refractivity contribution < 1.29 is 4.79 Å². The lowest BCUT2D eigenvalue weighted by Crippen LogP contribution is -2.28. The monoisotopic (exact) mass is 394 g/mol. The third-order valence-electron chi connectivity index (χ3n) is 4.65. The highest BCUT2D eigenvalue weighted by atomic mass is 35.5. The predicted molar refractivity (Wildman–Crippen MR) is 114 cm³/mol. The molecule has 0 aliphatic carbocycles. The van der Waals surface area contributed by atoms with Gasteiger partial charge in [-0.3, -0.25) is 9.59 Å². The molecule has 2 aromatic carbocycles. The largest absolute Gasteiger partial charge is 0.343 e. The van der Waals surface area contributed by atoms with Gasteiger partial charge in [0.15, 0.2) is 5.43 Å². The molecule has 0 saturated heterocycles. The first-order valence-corrected chi connectivity index (χ1v) is 9.72. The molecular formula is C23H23ClN2O2. The van der Waals surface area contributed by atoms with E-state index in [-0.39, 0.29) is 11.0 Å². The van der Waals surface area contributed by atoms with E-state index in [1.54, 1.807) is 24.3 Å². The van der Waals surface area contributed by atoms with E-state index in [1.807, 2.05) is 44.2 Å². The van der Waals surface area contributed by atoms with Gasteiger partial charge >= 0.3 is 0 Å². The van der Waals surface area contributed by atoms with Crippen LogP contribution in [0.5, 0.6) is 0 Å². The molecule has 3 aromatic rings. The van der Waals surface area contributed by atoms with Crippen molar-refractivity contribution in [2.45, 2.75) is 33.2 Å². The van der Waals surface area contributed by atoms with Gasteiger partial charge < -0.3 is 9.88 Å². The number of nitrogens with zero attached hydrogens (tertiary/aromatic N) is 1. The number of benzene rings is 2. The van der Waals surface area contributed by atoms with Gasteiger partial charge in [0, 0.05) is 24.0 Å². The molecular weight excluding hydrogens is 372 g/mol. The lowest BCUT2D eigenvalue weighted by molar-refractivity contribution is 0.102. The van der Waals surface area contributed by atoms with Crippen LogP contribution >= 0.6 is 11.6 Å². The first kappa shape index (κ1) is 19.9. The van der Waals surface area contributed by atoms with Crippen molar-refractivity contribution in [2.24, 2.45) is 0 Å². The van der Waals surface area contributed by atoms with Crippen molar-refractivity contribution in [3.63, 3.8) is 0 Å². The zero-order valence-corrected chi connectivity index (χ0v) is 16.8. The van der Waals surface area contributed by atoms with Crippen molar-refractivity contribution in [2.75, 3.05) is 5.32 Å². The molecule has 0 atom stereocenters. The fourth-order valence-corrected chi connectivity index (χ4v) is 3.49. The average molecular weight is 395 g/mol. The molecule has 0 saturated carbocycles. The number of hydrogen-bond acceptors (Lipinski definition) is 2. The minimum Gasteiger partial charge on any atom is -0.343 e. The highest BCUT2D eigenvalue weighted by Crippen LogP contribution is 2.22. The Bertz CT molecular complexity index is 1040. The van der Waals surface area contributed by atoms with E-state index in [4.69, 9.17) is 11.6 Å². The Morgan fingerprint density at radius 3 is 2.43 bits per heavy atom. The maximum absolute atomic E-state index is 13.0. The summed E-state index contributed by atoms with van der Waals surface area (Å²) in [5, 5.41) is 3.23. The highest BCUT2D eigenvalue weighted by Gasteiger charge is 2.20. The average Bonchev–Trinajstić information content (AvgIpc) is 2.67. The number of carbonyl (C=O) groups excluding carboxylic acids is 1. The predicted octanol–water partition coefficient (Wildman–Crippen LogP) is 5.06. The van der Waals surface area contributed by atoms with E-state index in [2.05, 4.69) is 9.88 Å². The van der Waals surface area contributed by atoms with E-state index in [1.165, 1.54) is 6.07 Å². The van der Waals surface area contributed by atoms with Gasteiger partial charge in [-0.2, -0.15) is 0 Å². The standard InChI is InChI=1S/C23H23ClN2O2/c1-3-9-20-22(23(28)25-19-13-8-7-12-18(19)24)21(27)14-16(2)26(20)15-17-10-5-4-6-11-17/h4-8,10-14H,3,9,15H2,1-2H3,(H,25,28). The van der Waals surface area contributed by atoms with Crippen molar-refractivity contribution in [1.82, 2.24) is 4.57 Å². The van der Waals surface area contributed by atoms with Crippen LogP contribution in [0.2, 0.25) is 5.02 Å². The first-order chi connectivity index (χ1) is 13.5. The summed E-state index contributed by atoms with van der Waals surface area (Å²) in [7, 11) is 0. The van der Waals surface area contributed by atoms with Crippen LogP contribution in [0.25, 0.3) is 0 Å². The fourth-order valence-electron chi connectivity index (χ4n) is 3.30. The summed E-state index contributed by atoms with van der Waals surface area (Å²) in [6.45, 7) is 4.54. The van der Waals surface area contributed by atoms with Crippen LogP contribution in [0.4, 0.5) is 5.69 Å². The van der Waals surface area contributed by atoms with Crippen LogP contribution in [-0.2, 0) is 13.0 Å². The highest BCUT2D eigenvalue weighted by molar-refractivity contribution is 6.33. The van der Waals surface area contributed by atoms with Gasteiger partial charge in [0.05, 0.1) is 10.7 Å². The second kappa shape index (κ2) is 8.89. The molecule has 0 aliphatic rings. The lowest BCUT2D eigenvalue weighted by Gasteiger charge is -2.20. The molecule has 1 amide bonds. The van der Waals surface area contributed by atoms with E-state index in [9.17, 15) is 9.59 Å². The number of aryl methyl sites for hydroxylation is 1. The Morgan fingerprint density at radius 2 is 1.75 bits per heavy atom. The lowest BCUT2D eigenvalue weighted by atomic mass is 10.0. The Labute approximate surface area is 169 Å². The molecule has 144 valence electrons. The smallest absolute Gasteiger partial charge is 0.261 e. The molecule has 0 bridgehead atoms. The molecule has 0 unspecified atom stereocenters. The van der Waals surface area contributed by atoms with Gasteiger partial charge in [0.2, 0.25) is 0 Å². The molecule has 0 spiro atoms. The van der Waals surface area contributed by atoms with E-state index < -0.39 is 5.91 Å².